The predicted molar refractivity (Wildman–Crippen MR) is 164 cm³/mol. The van der Waals surface area contributed by atoms with Crippen molar-refractivity contribution in [3.63, 3.8) is 0 Å². The molecular formula is C33H44F3N3O6. The lowest BCUT2D eigenvalue weighted by Gasteiger charge is -2.36. The normalized spacial score (nSPS) is 20.8. The maximum atomic E-state index is 14.1. The second-order valence-corrected chi connectivity index (χ2v) is 11.7. The number of carbonyl (C=O) groups excluding carboxylic acids is 3. The molecule has 0 radical (unpaired) electrons. The quantitative estimate of drug-likeness (QED) is 0.395. The zero-order chi connectivity index (χ0) is 33.1. The lowest BCUT2D eigenvalue weighted by Crippen LogP contribution is -2.48. The largest absolute Gasteiger partial charge is 0.490 e. The molecule has 12 heteroatoms. The van der Waals surface area contributed by atoms with Crippen molar-refractivity contribution in [2.24, 2.45) is 5.92 Å². The summed E-state index contributed by atoms with van der Waals surface area (Å²) >= 11 is 0. The van der Waals surface area contributed by atoms with E-state index in [1.54, 1.807) is 43.1 Å². The van der Waals surface area contributed by atoms with Crippen molar-refractivity contribution >= 4 is 23.4 Å². The molecule has 3 rings (SSSR count). The Bertz CT molecular complexity index is 1280. The monoisotopic (exact) mass is 635 g/mol. The summed E-state index contributed by atoms with van der Waals surface area (Å²) in [5, 5.41) is 12.6. The number of anilines is 1. The maximum Gasteiger partial charge on any atom is 0.389 e. The average Bonchev–Trinajstić information content (AvgIpc) is 3.01. The molecule has 1 aliphatic heterocycles. The van der Waals surface area contributed by atoms with Gasteiger partial charge in [0.1, 0.15) is 5.75 Å². The fourth-order valence-corrected chi connectivity index (χ4v) is 5.10. The number of benzene rings is 2. The summed E-state index contributed by atoms with van der Waals surface area (Å²) < 4.78 is 50.4. The van der Waals surface area contributed by atoms with Gasteiger partial charge in [0.25, 0.3) is 11.8 Å². The highest BCUT2D eigenvalue weighted by molar-refractivity contribution is 5.99. The summed E-state index contributed by atoms with van der Waals surface area (Å²) in [6.07, 6.45) is -5.01. The molecule has 4 atom stereocenters. The molecule has 0 bridgehead atoms. The second-order valence-electron chi connectivity index (χ2n) is 11.7. The molecule has 0 fully saturated rings. The third-order valence-electron chi connectivity index (χ3n) is 7.79. The number of nitrogens with zero attached hydrogens (tertiary/aromatic N) is 2. The van der Waals surface area contributed by atoms with E-state index in [1.807, 2.05) is 19.9 Å². The van der Waals surface area contributed by atoms with Crippen molar-refractivity contribution in [2.75, 3.05) is 38.7 Å². The van der Waals surface area contributed by atoms with Crippen LogP contribution >= 0.6 is 0 Å². The Morgan fingerprint density at radius 3 is 2.51 bits per heavy atom. The van der Waals surface area contributed by atoms with E-state index in [2.05, 4.69) is 5.32 Å². The van der Waals surface area contributed by atoms with Crippen LogP contribution in [-0.4, -0.2) is 90.4 Å². The molecule has 1 heterocycles. The van der Waals surface area contributed by atoms with Gasteiger partial charge in [-0.3, -0.25) is 14.4 Å². The zero-order valence-corrected chi connectivity index (χ0v) is 26.3. The van der Waals surface area contributed by atoms with Gasteiger partial charge in [-0.2, -0.15) is 13.2 Å². The van der Waals surface area contributed by atoms with Crippen LogP contribution in [0.3, 0.4) is 0 Å². The third kappa shape index (κ3) is 11.0. The molecule has 0 aromatic heterocycles. The van der Waals surface area contributed by atoms with Gasteiger partial charge in [0.05, 0.1) is 36.8 Å². The van der Waals surface area contributed by atoms with Crippen LogP contribution < -0.4 is 10.1 Å². The van der Waals surface area contributed by atoms with Crippen molar-refractivity contribution in [3.8, 4) is 5.75 Å². The summed E-state index contributed by atoms with van der Waals surface area (Å²) in [6, 6.07) is 12.7. The van der Waals surface area contributed by atoms with Gasteiger partial charge < -0.3 is 29.7 Å². The van der Waals surface area contributed by atoms with Crippen molar-refractivity contribution in [2.45, 2.75) is 77.3 Å². The van der Waals surface area contributed by atoms with E-state index in [-0.39, 0.29) is 54.6 Å². The Labute approximate surface area is 262 Å². The summed E-state index contributed by atoms with van der Waals surface area (Å²) in [5.74, 6) is -1.49. The number of alkyl halides is 3. The van der Waals surface area contributed by atoms with Crippen molar-refractivity contribution in [3.05, 3.63) is 59.7 Å². The lowest BCUT2D eigenvalue weighted by atomic mass is 10.0. The van der Waals surface area contributed by atoms with E-state index in [4.69, 9.17) is 9.47 Å². The standard InChI is InChI=1S/C33H44F3N3O6/c1-22-19-39(23(2)21-40)32(43)27-18-26(37-30(41)15-16-33(34,35)36)13-14-28(27)45-24(3)10-8-9-17-44-29(22)20-38(4)31(42)25-11-6-5-7-12-25/h5-7,11-14,18,22-24,29,40H,8-10,15-17,19-21H2,1-4H3,(H,37,41)/t22-,23+,24-,29-/m1/s1. The number of halogens is 3. The van der Waals surface area contributed by atoms with E-state index in [1.165, 1.54) is 23.1 Å². The number of aliphatic hydroxyl groups excluding tert-OH is 1. The van der Waals surface area contributed by atoms with E-state index >= 15 is 0 Å². The fourth-order valence-electron chi connectivity index (χ4n) is 5.10. The minimum absolute atomic E-state index is 0.105. The van der Waals surface area contributed by atoms with Crippen LogP contribution in [0.4, 0.5) is 18.9 Å². The van der Waals surface area contributed by atoms with Crippen LogP contribution in [0.1, 0.15) is 73.6 Å². The number of nitrogens with one attached hydrogen (secondary N) is 1. The van der Waals surface area contributed by atoms with Crippen molar-refractivity contribution in [1.82, 2.24) is 9.80 Å². The zero-order valence-electron chi connectivity index (χ0n) is 26.3. The first-order valence-electron chi connectivity index (χ1n) is 15.3. The van der Waals surface area contributed by atoms with Gasteiger partial charge in [-0.15, -0.1) is 0 Å². The van der Waals surface area contributed by atoms with Gasteiger partial charge in [0.15, 0.2) is 0 Å². The number of likely N-dealkylation sites (N-methyl/N-ethyl adjacent to an activating group) is 1. The summed E-state index contributed by atoms with van der Waals surface area (Å²) in [4.78, 5) is 42.6. The maximum absolute atomic E-state index is 14.1. The number of fused-ring (bicyclic) bond motifs is 1. The minimum Gasteiger partial charge on any atom is -0.490 e. The van der Waals surface area contributed by atoms with Crippen molar-refractivity contribution in [1.29, 1.82) is 0 Å². The highest BCUT2D eigenvalue weighted by Crippen LogP contribution is 2.29. The molecular weight excluding hydrogens is 591 g/mol. The van der Waals surface area contributed by atoms with Gasteiger partial charge in [0, 0.05) is 50.3 Å². The SMILES string of the molecule is C[C@@H]1CCCCO[C@H](CN(C)C(=O)c2ccccc2)[C@H](C)CN([C@@H](C)CO)C(=O)c2cc(NC(=O)CCC(F)(F)F)ccc2O1. The molecule has 2 N–H and O–H groups in total. The molecule has 2 aromatic carbocycles. The molecule has 2 aromatic rings. The number of hydrogen-bond donors (Lipinski definition) is 2. The molecule has 3 amide bonds. The summed E-state index contributed by atoms with van der Waals surface area (Å²) in [5.41, 5.74) is 0.804. The molecule has 1 aliphatic rings. The Morgan fingerprint density at radius 1 is 1.13 bits per heavy atom. The molecule has 0 aliphatic carbocycles. The van der Waals surface area contributed by atoms with Crippen LogP contribution in [0.2, 0.25) is 0 Å². The topological polar surface area (TPSA) is 108 Å². The van der Waals surface area contributed by atoms with Crippen molar-refractivity contribution < 1.29 is 42.1 Å². The van der Waals surface area contributed by atoms with Gasteiger partial charge >= 0.3 is 6.18 Å². The van der Waals surface area contributed by atoms with E-state index in [0.29, 0.717) is 18.6 Å². The Kier molecular flexibility index (Phi) is 13.2. The Morgan fingerprint density at radius 2 is 1.84 bits per heavy atom. The van der Waals surface area contributed by atoms with Gasteiger partial charge in [0.2, 0.25) is 5.91 Å². The lowest BCUT2D eigenvalue weighted by molar-refractivity contribution is -0.142. The van der Waals surface area contributed by atoms with Crippen LogP contribution in [0.15, 0.2) is 48.5 Å². The molecule has 0 spiro atoms. The molecule has 45 heavy (non-hydrogen) atoms. The van der Waals surface area contributed by atoms with E-state index in [0.717, 1.165) is 12.8 Å². The fraction of sp³-hybridized carbons (Fsp3) is 0.545. The van der Waals surface area contributed by atoms with Crippen LogP contribution in [0.25, 0.3) is 0 Å². The summed E-state index contributed by atoms with van der Waals surface area (Å²) in [6.45, 7) is 6.03. The van der Waals surface area contributed by atoms with Crippen LogP contribution in [0.5, 0.6) is 5.75 Å². The molecule has 0 unspecified atom stereocenters. The number of aliphatic hydroxyl groups is 1. The molecule has 248 valence electrons. The Hall–Kier alpha value is -3.64. The Balaban J connectivity index is 1.91. The molecule has 0 saturated heterocycles. The average molecular weight is 636 g/mol. The van der Waals surface area contributed by atoms with Gasteiger partial charge in [-0.1, -0.05) is 25.1 Å². The third-order valence-corrected chi connectivity index (χ3v) is 7.79. The number of carbonyl (C=O) groups is 3. The van der Waals surface area contributed by atoms with E-state index < -0.39 is 43.0 Å². The molecule has 0 saturated carbocycles. The number of hydrogen-bond acceptors (Lipinski definition) is 6. The minimum atomic E-state index is -4.47. The highest BCUT2D eigenvalue weighted by Gasteiger charge is 2.32. The number of rotatable bonds is 8. The first kappa shape index (κ1) is 35.8. The first-order chi connectivity index (χ1) is 21.3. The van der Waals surface area contributed by atoms with Crippen LogP contribution in [-0.2, 0) is 9.53 Å². The molecule has 9 nitrogen and oxygen atoms in total. The second kappa shape index (κ2) is 16.6. The number of ether oxygens (including phenoxy) is 2. The number of amides is 3. The van der Waals surface area contributed by atoms with Crippen LogP contribution in [0, 0.1) is 5.92 Å². The predicted octanol–water partition coefficient (Wildman–Crippen LogP) is 5.54. The first-order valence-corrected chi connectivity index (χ1v) is 15.3. The van der Waals surface area contributed by atoms with E-state index in [9.17, 15) is 32.7 Å². The highest BCUT2D eigenvalue weighted by atomic mass is 19.4. The van der Waals surface area contributed by atoms with Gasteiger partial charge in [-0.05, 0) is 63.4 Å². The smallest absolute Gasteiger partial charge is 0.389 e. The van der Waals surface area contributed by atoms with Gasteiger partial charge in [-0.25, -0.2) is 0 Å². The summed E-state index contributed by atoms with van der Waals surface area (Å²) in [7, 11) is 1.70.